The summed E-state index contributed by atoms with van der Waals surface area (Å²) in [6.07, 6.45) is -4.49. The van der Waals surface area contributed by atoms with E-state index in [2.05, 4.69) is 10.6 Å². The maximum Gasteiger partial charge on any atom is 0.416 e. The minimum Gasteiger partial charge on any atom is -0.451 e. The van der Waals surface area contributed by atoms with E-state index in [-0.39, 0.29) is 40.3 Å². The highest BCUT2D eigenvalue weighted by Gasteiger charge is 2.30. The van der Waals surface area contributed by atoms with Gasteiger partial charge in [-0.1, -0.05) is 54.6 Å². The predicted molar refractivity (Wildman–Crippen MR) is 126 cm³/mol. The van der Waals surface area contributed by atoms with Crippen molar-refractivity contribution in [3.8, 4) is 11.3 Å². The first kappa shape index (κ1) is 23.8. The van der Waals surface area contributed by atoms with Gasteiger partial charge in [0.2, 0.25) is 0 Å². The molecule has 3 aromatic carbocycles. The van der Waals surface area contributed by atoms with Crippen LogP contribution < -0.4 is 10.6 Å². The van der Waals surface area contributed by atoms with Gasteiger partial charge in [-0.3, -0.25) is 9.59 Å². The Labute approximate surface area is 199 Å². The summed E-state index contributed by atoms with van der Waals surface area (Å²) in [7, 11) is 0. The molecule has 4 rings (SSSR count). The number of furan rings is 1. The smallest absolute Gasteiger partial charge is 0.416 e. The van der Waals surface area contributed by atoms with Crippen LogP contribution in [0.3, 0.4) is 0 Å². The highest BCUT2D eigenvalue weighted by atomic mass is 19.4. The highest BCUT2D eigenvalue weighted by molar-refractivity contribution is 6.08. The van der Waals surface area contributed by atoms with Crippen LogP contribution in [0.2, 0.25) is 0 Å². The van der Waals surface area contributed by atoms with Crippen molar-refractivity contribution in [2.24, 2.45) is 0 Å². The first-order valence-corrected chi connectivity index (χ1v) is 10.8. The summed E-state index contributed by atoms with van der Waals surface area (Å²) in [5, 5.41) is 5.55. The lowest BCUT2D eigenvalue weighted by Crippen LogP contribution is -2.28. The third-order valence-corrected chi connectivity index (χ3v) is 5.37. The van der Waals surface area contributed by atoms with Crippen molar-refractivity contribution < 1.29 is 27.2 Å². The Kier molecular flexibility index (Phi) is 6.73. The Hall–Kier alpha value is -4.33. The molecular weight excluding hydrogens is 457 g/mol. The van der Waals surface area contributed by atoms with Crippen LogP contribution in [0.15, 0.2) is 95.4 Å². The number of benzene rings is 3. The molecule has 178 valence electrons. The van der Waals surface area contributed by atoms with Crippen molar-refractivity contribution in [3.63, 3.8) is 0 Å². The number of alkyl halides is 3. The average molecular weight is 478 g/mol. The molecule has 0 aliphatic heterocycles. The first-order chi connectivity index (χ1) is 16.7. The Morgan fingerprint density at radius 1 is 0.829 bits per heavy atom. The molecule has 1 heterocycles. The van der Waals surface area contributed by atoms with E-state index < -0.39 is 17.6 Å². The zero-order valence-corrected chi connectivity index (χ0v) is 18.6. The number of hydrogen-bond donors (Lipinski definition) is 2. The molecule has 0 aliphatic carbocycles. The predicted octanol–water partition coefficient (Wildman–Crippen LogP) is 6.71. The molecule has 4 aromatic rings. The van der Waals surface area contributed by atoms with Gasteiger partial charge in [0.25, 0.3) is 11.8 Å². The summed E-state index contributed by atoms with van der Waals surface area (Å²) in [5.41, 5.74) is 0.830. The third kappa shape index (κ3) is 5.60. The molecule has 0 unspecified atom stereocenters. The maximum absolute atomic E-state index is 13.0. The fraction of sp³-hybridized carbons (Fsp3) is 0.111. The molecule has 0 aliphatic rings. The van der Waals surface area contributed by atoms with Gasteiger partial charge in [0.05, 0.1) is 22.9 Å². The van der Waals surface area contributed by atoms with Gasteiger partial charge in [-0.2, -0.15) is 13.2 Å². The van der Waals surface area contributed by atoms with E-state index in [1.807, 2.05) is 37.3 Å². The van der Waals surface area contributed by atoms with Crippen LogP contribution in [-0.2, 0) is 6.18 Å². The standard InChI is InChI=1S/C27H21F3N2O3/c1-17(18-8-3-2-4-9-18)31-25(33)21-12-5-6-13-22(21)32-26(34)24-15-14-23(35-24)19-10-7-11-20(16-19)27(28,29)30/h2-17H,1H3,(H,31,33)(H,32,34)/t17-/m0/s1. The molecule has 0 bridgehead atoms. The first-order valence-electron chi connectivity index (χ1n) is 10.8. The van der Waals surface area contributed by atoms with Gasteiger partial charge < -0.3 is 15.1 Å². The summed E-state index contributed by atoms with van der Waals surface area (Å²) >= 11 is 0. The number of hydrogen-bond acceptors (Lipinski definition) is 3. The van der Waals surface area contributed by atoms with E-state index in [0.29, 0.717) is 0 Å². The molecule has 0 fully saturated rings. The molecule has 8 heteroatoms. The van der Waals surface area contributed by atoms with Crippen molar-refractivity contribution in [2.45, 2.75) is 19.1 Å². The lowest BCUT2D eigenvalue weighted by Gasteiger charge is -2.16. The number of nitrogens with one attached hydrogen (secondary N) is 2. The monoisotopic (exact) mass is 478 g/mol. The molecule has 0 spiro atoms. The lowest BCUT2D eigenvalue weighted by molar-refractivity contribution is -0.137. The summed E-state index contributed by atoms with van der Waals surface area (Å²) in [6.45, 7) is 1.85. The molecule has 2 N–H and O–H groups in total. The van der Waals surface area contributed by atoms with Gasteiger partial charge in [-0.25, -0.2) is 0 Å². The molecule has 1 aromatic heterocycles. The number of anilines is 1. The molecular formula is C27H21F3N2O3. The minimum atomic E-state index is -4.49. The van der Waals surface area contributed by atoms with Gasteiger partial charge in [0, 0.05) is 5.56 Å². The molecule has 0 saturated heterocycles. The zero-order chi connectivity index (χ0) is 25.0. The van der Waals surface area contributed by atoms with E-state index in [9.17, 15) is 22.8 Å². The van der Waals surface area contributed by atoms with Crippen LogP contribution >= 0.6 is 0 Å². The topological polar surface area (TPSA) is 71.3 Å². The maximum atomic E-state index is 13.0. The van der Waals surface area contributed by atoms with Gasteiger partial charge in [-0.05, 0) is 48.9 Å². The largest absolute Gasteiger partial charge is 0.451 e. The van der Waals surface area contributed by atoms with Crippen LogP contribution in [-0.4, -0.2) is 11.8 Å². The van der Waals surface area contributed by atoms with Crippen molar-refractivity contribution >= 4 is 17.5 Å². The zero-order valence-electron chi connectivity index (χ0n) is 18.6. The average Bonchev–Trinajstić information content (AvgIpc) is 3.35. The number of amides is 2. The molecule has 2 amide bonds. The van der Waals surface area contributed by atoms with Gasteiger partial charge in [0.15, 0.2) is 5.76 Å². The second-order valence-electron chi connectivity index (χ2n) is 7.85. The highest BCUT2D eigenvalue weighted by Crippen LogP contribution is 2.32. The number of halogens is 3. The SMILES string of the molecule is C[C@H](NC(=O)c1ccccc1NC(=O)c1ccc(-c2cccc(C(F)(F)F)c2)o1)c1ccccc1. The lowest BCUT2D eigenvalue weighted by atomic mass is 10.1. The van der Waals surface area contributed by atoms with Crippen LogP contribution in [0.1, 0.15) is 45.0 Å². The van der Waals surface area contributed by atoms with E-state index in [0.717, 1.165) is 17.7 Å². The van der Waals surface area contributed by atoms with Crippen molar-refractivity contribution in [3.05, 3.63) is 113 Å². The van der Waals surface area contributed by atoms with Crippen molar-refractivity contribution in [1.29, 1.82) is 0 Å². The molecule has 1 atom stereocenters. The Balaban J connectivity index is 1.50. The van der Waals surface area contributed by atoms with E-state index >= 15 is 0 Å². The Morgan fingerprint density at radius 3 is 2.29 bits per heavy atom. The van der Waals surface area contributed by atoms with E-state index in [4.69, 9.17) is 4.42 Å². The van der Waals surface area contributed by atoms with Crippen LogP contribution in [0.5, 0.6) is 0 Å². The number of rotatable bonds is 6. The minimum absolute atomic E-state index is 0.106. The summed E-state index contributed by atoms with van der Waals surface area (Å²) in [4.78, 5) is 25.7. The Morgan fingerprint density at radius 2 is 1.54 bits per heavy atom. The molecule has 35 heavy (non-hydrogen) atoms. The molecule has 5 nitrogen and oxygen atoms in total. The second kappa shape index (κ2) is 9.89. The molecule has 0 radical (unpaired) electrons. The normalized spacial score (nSPS) is 12.1. The van der Waals surface area contributed by atoms with Crippen LogP contribution in [0, 0.1) is 0 Å². The Bertz CT molecular complexity index is 1350. The van der Waals surface area contributed by atoms with Gasteiger partial charge >= 0.3 is 6.18 Å². The van der Waals surface area contributed by atoms with Crippen LogP contribution in [0.25, 0.3) is 11.3 Å². The third-order valence-electron chi connectivity index (χ3n) is 5.37. The summed E-state index contributed by atoms with van der Waals surface area (Å²) in [6, 6.07) is 23.1. The quantitative estimate of drug-likeness (QED) is 0.324. The van der Waals surface area contributed by atoms with Crippen LogP contribution in [0.4, 0.5) is 18.9 Å². The van der Waals surface area contributed by atoms with Crippen molar-refractivity contribution in [2.75, 3.05) is 5.32 Å². The second-order valence-corrected chi connectivity index (χ2v) is 7.85. The van der Waals surface area contributed by atoms with E-state index in [1.165, 1.54) is 24.3 Å². The fourth-order valence-corrected chi connectivity index (χ4v) is 3.54. The van der Waals surface area contributed by atoms with Crippen molar-refractivity contribution in [1.82, 2.24) is 5.32 Å². The van der Waals surface area contributed by atoms with Gasteiger partial charge in [-0.15, -0.1) is 0 Å². The molecule has 0 saturated carbocycles. The van der Waals surface area contributed by atoms with E-state index in [1.54, 1.807) is 24.3 Å². The summed E-state index contributed by atoms with van der Waals surface area (Å²) in [5.74, 6) is -1.00. The fourth-order valence-electron chi connectivity index (χ4n) is 3.54. The van der Waals surface area contributed by atoms with Gasteiger partial charge in [0.1, 0.15) is 5.76 Å². The number of para-hydroxylation sites is 1. The number of carbonyl (C=O) groups excluding carboxylic acids is 2. The summed E-state index contributed by atoms with van der Waals surface area (Å²) < 4.78 is 44.5. The number of carbonyl (C=O) groups is 2.